The van der Waals surface area contributed by atoms with Crippen molar-refractivity contribution in [2.75, 3.05) is 6.26 Å². The van der Waals surface area contributed by atoms with E-state index >= 15 is 0 Å². The highest BCUT2D eigenvalue weighted by atomic mass is 32.2. The molecule has 0 unspecified atom stereocenters. The number of para-hydroxylation sites is 1. The van der Waals surface area contributed by atoms with Gasteiger partial charge >= 0.3 is 0 Å². The van der Waals surface area contributed by atoms with E-state index in [4.69, 9.17) is 4.42 Å². The van der Waals surface area contributed by atoms with Gasteiger partial charge in [0, 0.05) is 29.5 Å². The van der Waals surface area contributed by atoms with Gasteiger partial charge in [0.1, 0.15) is 5.58 Å². The molecule has 0 aliphatic rings. The van der Waals surface area contributed by atoms with E-state index in [0.717, 1.165) is 22.1 Å². The van der Waals surface area contributed by atoms with Gasteiger partial charge in [-0.15, -0.1) is 23.1 Å². The number of rotatable bonds is 8. The highest BCUT2D eigenvalue weighted by Gasteiger charge is 2.20. The lowest BCUT2D eigenvalue weighted by Crippen LogP contribution is -2.23. The largest absolute Gasteiger partial charge is 0.451 e. The topological polar surface area (TPSA) is 76.4 Å². The predicted molar refractivity (Wildman–Crippen MR) is 126 cm³/mol. The van der Waals surface area contributed by atoms with Gasteiger partial charge in [-0.3, -0.25) is 4.79 Å². The van der Waals surface area contributed by atoms with Crippen LogP contribution in [0.1, 0.15) is 27.2 Å². The molecule has 4 aromatic rings. The molecule has 0 saturated heterocycles. The maximum Gasteiger partial charge on any atom is 0.287 e. The Morgan fingerprint density at radius 1 is 1.03 bits per heavy atom. The van der Waals surface area contributed by atoms with Crippen LogP contribution in [-0.2, 0) is 27.9 Å². The molecule has 8 heteroatoms. The molecule has 0 aliphatic carbocycles. The molecule has 2 aromatic carbocycles. The fraction of sp³-hybridized carbons (Fsp3) is 0.174. The molecule has 4 rings (SSSR count). The predicted octanol–water partition coefficient (Wildman–Crippen LogP) is 5.26. The first-order chi connectivity index (χ1) is 14.9. The highest BCUT2D eigenvalue weighted by Crippen LogP contribution is 2.33. The van der Waals surface area contributed by atoms with E-state index in [1.807, 2.05) is 47.8 Å². The quantitative estimate of drug-likeness (QED) is 0.355. The van der Waals surface area contributed by atoms with Crippen molar-refractivity contribution in [3.8, 4) is 0 Å². The molecule has 2 heterocycles. The Bertz CT molecular complexity index is 1290. The number of hydrogen-bond donors (Lipinski definition) is 1. The second-order valence-electron chi connectivity index (χ2n) is 7.20. The van der Waals surface area contributed by atoms with Crippen molar-refractivity contribution in [2.24, 2.45) is 0 Å². The van der Waals surface area contributed by atoms with Gasteiger partial charge in [-0.05, 0) is 28.6 Å². The number of amides is 1. The molecule has 160 valence electrons. The van der Waals surface area contributed by atoms with Gasteiger partial charge in [0.15, 0.2) is 15.6 Å². The van der Waals surface area contributed by atoms with E-state index in [9.17, 15) is 13.2 Å². The van der Waals surface area contributed by atoms with E-state index in [2.05, 4.69) is 11.4 Å². The zero-order valence-corrected chi connectivity index (χ0v) is 19.3. The number of fused-ring (bicyclic) bond motifs is 1. The molecule has 31 heavy (non-hydrogen) atoms. The van der Waals surface area contributed by atoms with Crippen LogP contribution in [0.5, 0.6) is 0 Å². The standard InChI is InChI=1S/C23H21NO4S3/c1-31(26,27)15-17-10-8-16(9-11-17)13-24-23(25)22-19(14-30-21-7-4-12-29-21)18-5-2-3-6-20(18)28-22/h2-12H,13-15H2,1H3,(H,24,25). The molecular formula is C23H21NO4S3. The number of carbonyl (C=O) groups is 1. The summed E-state index contributed by atoms with van der Waals surface area (Å²) in [6, 6.07) is 18.9. The Labute approximate surface area is 189 Å². The number of nitrogens with one attached hydrogen (secondary N) is 1. The Morgan fingerprint density at radius 3 is 2.48 bits per heavy atom. The molecular weight excluding hydrogens is 450 g/mol. The van der Waals surface area contributed by atoms with Crippen LogP contribution in [0.2, 0.25) is 0 Å². The van der Waals surface area contributed by atoms with E-state index in [-0.39, 0.29) is 11.7 Å². The summed E-state index contributed by atoms with van der Waals surface area (Å²) >= 11 is 3.35. The van der Waals surface area contributed by atoms with Crippen LogP contribution in [-0.4, -0.2) is 20.6 Å². The minimum atomic E-state index is -3.07. The fourth-order valence-electron chi connectivity index (χ4n) is 3.23. The summed E-state index contributed by atoms with van der Waals surface area (Å²) in [7, 11) is -3.07. The average molecular weight is 472 g/mol. The lowest BCUT2D eigenvalue weighted by atomic mass is 10.1. The van der Waals surface area contributed by atoms with Crippen LogP contribution >= 0.6 is 23.1 Å². The first-order valence-corrected chi connectivity index (χ1v) is 13.5. The van der Waals surface area contributed by atoms with Crippen molar-refractivity contribution in [3.63, 3.8) is 0 Å². The zero-order valence-electron chi connectivity index (χ0n) is 16.8. The third kappa shape index (κ3) is 5.58. The Morgan fingerprint density at radius 2 is 1.77 bits per heavy atom. The van der Waals surface area contributed by atoms with Crippen molar-refractivity contribution >= 4 is 49.8 Å². The van der Waals surface area contributed by atoms with Crippen molar-refractivity contribution in [1.29, 1.82) is 0 Å². The number of furan rings is 1. The SMILES string of the molecule is CS(=O)(=O)Cc1ccc(CNC(=O)c2oc3ccccc3c2CSc2cccs2)cc1. The van der Waals surface area contributed by atoms with E-state index in [0.29, 0.717) is 23.6 Å². The van der Waals surface area contributed by atoms with Crippen LogP contribution in [0.3, 0.4) is 0 Å². The van der Waals surface area contributed by atoms with Gasteiger partial charge in [0.05, 0.1) is 9.96 Å². The normalized spacial score (nSPS) is 11.6. The summed E-state index contributed by atoms with van der Waals surface area (Å²) in [6.07, 6.45) is 1.21. The lowest BCUT2D eigenvalue weighted by Gasteiger charge is -2.07. The van der Waals surface area contributed by atoms with Crippen LogP contribution in [0.4, 0.5) is 0 Å². The molecule has 0 saturated carbocycles. The lowest BCUT2D eigenvalue weighted by molar-refractivity contribution is 0.0924. The van der Waals surface area contributed by atoms with Gasteiger partial charge in [0.25, 0.3) is 5.91 Å². The number of hydrogen-bond acceptors (Lipinski definition) is 6. The van der Waals surface area contributed by atoms with Gasteiger partial charge in [-0.1, -0.05) is 48.5 Å². The first kappa shape index (κ1) is 21.7. The summed E-state index contributed by atoms with van der Waals surface area (Å²) in [5, 5.41) is 5.90. The zero-order chi connectivity index (χ0) is 21.8. The van der Waals surface area contributed by atoms with Gasteiger partial charge < -0.3 is 9.73 Å². The number of sulfone groups is 1. The molecule has 0 fully saturated rings. The molecule has 2 aromatic heterocycles. The van der Waals surface area contributed by atoms with Crippen LogP contribution in [0.15, 0.2) is 74.7 Å². The number of carbonyl (C=O) groups excluding carboxylic acids is 1. The molecule has 5 nitrogen and oxygen atoms in total. The third-order valence-corrected chi connectivity index (χ3v) is 7.68. The van der Waals surface area contributed by atoms with Gasteiger partial charge in [0.2, 0.25) is 0 Å². The fourth-order valence-corrected chi connectivity index (χ4v) is 5.84. The summed E-state index contributed by atoms with van der Waals surface area (Å²) in [6.45, 7) is 0.326. The van der Waals surface area contributed by atoms with Crippen molar-refractivity contribution in [1.82, 2.24) is 5.32 Å². The Balaban J connectivity index is 1.49. The number of thioether (sulfide) groups is 1. The Kier molecular flexibility index (Phi) is 6.50. The smallest absolute Gasteiger partial charge is 0.287 e. The highest BCUT2D eigenvalue weighted by molar-refractivity contribution is 8.00. The average Bonchev–Trinajstić information content (AvgIpc) is 3.38. The molecule has 0 atom stereocenters. The summed E-state index contributed by atoms with van der Waals surface area (Å²) in [5.41, 5.74) is 3.19. The van der Waals surface area contributed by atoms with Crippen LogP contribution in [0.25, 0.3) is 11.0 Å². The Hall–Kier alpha value is -2.55. The van der Waals surface area contributed by atoms with Gasteiger partial charge in [-0.25, -0.2) is 8.42 Å². The monoisotopic (exact) mass is 471 g/mol. The molecule has 0 aliphatic heterocycles. The molecule has 0 radical (unpaired) electrons. The maximum absolute atomic E-state index is 12.9. The number of benzene rings is 2. The molecule has 0 bridgehead atoms. The molecule has 0 spiro atoms. The number of thiophene rings is 1. The van der Waals surface area contributed by atoms with Crippen LogP contribution in [0, 0.1) is 0 Å². The molecule has 1 amide bonds. The third-order valence-electron chi connectivity index (χ3n) is 4.66. The van der Waals surface area contributed by atoms with E-state index in [1.54, 1.807) is 35.2 Å². The second-order valence-corrected chi connectivity index (χ2v) is 11.6. The summed E-state index contributed by atoms with van der Waals surface area (Å²) in [5.74, 6) is 0.710. The van der Waals surface area contributed by atoms with Crippen molar-refractivity contribution in [3.05, 3.63) is 88.5 Å². The minimum Gasteiger partial charge on any atom is -0.451 e. The summed E-state index contributed by atoms with van der Waals surface area (Å²) in [4.78, 5) is 12.9. The second kappa shape index (κ2) is 9.30. The molecule has 1 N–H and O–H groups in total. The van der Waals surface area contributed by atoms with E-state index < -0.39 is 9.84 Å². The van der Waals surface area contributed by atoms with E-state index in [1.165, 1.54) is 10.5 Å². The van der Waals surface area contributed by atoms with Crippen molar-refractivity contribution < 1.29 is 17.6 Å². The first-order valence-electron chi connectivity index (χ1n) is 9.59. The minimum absolute atomic E-state index is 0.00386. The van der Waals surface area contributed by atoms with Gasteiger partial charge in [-0.2, -0.15) is 0 Å². The van der Waals surface area contributed by atoms with Crippen molar-refractivity contribution in [2.45, 2.75) is 22.3 Å². The maximum atomic E-state index is 12.9. The summed E-state index contributed by atoms with van der Waals surface area (Å²) < 4.78 is 29.9. The van der Waals surface area contributed by atoms with Crippen LogP contribution < -0.4 is 5.32 Å².